The third kappa shape index (κ3) is 3.92. The first-order valence-electron chi connectivity index (χ1n) is 5.77. The largest absolute Gasteiger partial charge is 0.497 e. The summed E-state index contributed by atoms with van der Waals surface area (Å²) in [5, 5.41) is 3.10. The van der Waals surface area contributed by atoms with Crippen LogP contribution < -0.4 is 15.8 Å². The quantitative estimate of drug-likeness (QED) is 0.765. The van der Waals surface area contributed by atoms with Crippen molar-refractivity contribution < 1.29 is 14.3 Å². The summed E-state index contributed by atoms with van der Waals surface area (Å²) in [7, 11) is 3.21. The van der Waals surface area contributed by atoms with Crippen LogP contribution in [0.4, 0.5) is 5.69 Å². The molecule has 0 saturated heterocycles. The van der Waals surface area contributed by atoms with Crippen molar-refractivity contribution in [3.63, 3.8) is 0 Å². The Morgan fingerprint density at radius 3 is 2.39 bits per heavy atom. The summed E-state index contributed by atoms with van der Waals surface area (Å²) in [6.07, 6.45) is 0. The van der Waals surface area contributed by atoms with Gasteiger partial charge in [0.25, 0.3) is 0 Å². The lowest BCUT2D eigenvalue weighted by Crippen LogP contribution is -2.42. The molecule has 0 fully saturated rings. The van der Waals surface area contributed by atoms with Crippen molar-refractivity contribution in [2.45, 2.75) is 13.0 Å². The zero-order valence-corrected chi connectivity index (χ0v) is 11.0. The molecule has 100 valence electrons. The molecule has 0 saturated carbocycles. The van der Waals surface area contributed by atoms with Crippen LogP contribution >= 0.6 is 0 Å². The maximum atomic E-state index is 11.4. The third-order valence-corrected chi connectivity index (χ3v) is 2.72. The van der Waals surface area contributed by atoms with Gasteiger partial charge in [-0.05, 0) is 24.3 Å². The predicted octanol–water partition coefficient (Wildman–Crippen LogP) is 1.24. The number of carbonyl (C=O) groups is 1. The fraction of sp³-hybridized carbons (Fsp3) is 0.462. The van der Waals surface area contributed by atoms with Gasteiger partial charge in [-0.25, -0.2) is 0 Å². The number of hydrogen-bond acceptors (Lipinski definition) is 4. The molecule has 0 spiro atoms. The molecule has 0 aromatic heterocycles. The van der Waals surface area contributed by atoms with E-state index >= 15 is 0 Å². The smallest absolute Gasteiger partial charge is 0.240 e. The van der Waals surface area contributed by atoms with Crippen LogP contribution in [0.3, 0.4) is 0 Å². The number of benzene rings is 1. The maximum Gasteiger partial charge on any atom is 0.240 e. The van der Waals surface area contributed by atoms with Gasteiger partial charge in [-0.2, -0.15) is 0 Å². The number of nitrogens with one attached hydrogen (secondary N) is 1. The number of anilines is 1. The highest BCUT2D eigenvalue weighted by molar-refractivity contribution is 5.83. The van der Waals surface area contributed by atoms with Gasteiger partial charge in [0, 0.05) is 18.7 Å². The van der Waals surface area contributed by atoms with Gasteiger partial charge >= 0.3 is 0 Å². The van der Waals surface area contributed by atoms with Crippen LogP contribution in [0.1, 0.15) is 6.92 Å². The number of methoxy groups -OCH3 is 2. The fourth-order valence-electron chi connectivity index (χ4n) is 1.72. The maximum absolute atomic E-state index is 11.4. The summed E-state index contributed by atoms with van der Waals surface area (Å²) in [5.41, 5.74) is 6.21. The average molecular weight is 252 g/mol. The summed E-state index contributed by atoms with van der Waals surface area (Å²) in [4.78, 5) is 11.4. The minimum absolute atomic E-state index is 0.00500. The molecule has 0 radical (unpaired) electrons. The van der Waals surface area contributed by atoms with Crippen molar-refractivity contribution in [3.8, 4) is 5.75 Å². The topological polar surface area (TPSA) is 73.6 Å². The number of carbonyl (C=O) groups excluding carboxylic acids is 1. The van der Waals surface area contributed by atoms with Crippen molar-refractivity contribution in [1.82, 2.24) is 0 Å². The predicted molar refractivity (Wildman–Crippen MR) is 70.6 cm³/mol. The minimum atomic E-state index is -0.460. The van der Waals surface area contributed by atoms with Crippen LogP contribution in [0.25, 0.3) is 0 Å². The normalized spacial score (nSPS) is 13.7. The van der Waals surface area contributed by atoms with Crippen LogP contribution in [-0.2, 0) is 9.53 Å². The first-order chi connectivity index (χ1) is 8.58. The first kappa shape index (κ1) is 14.3. The number of amides is 1. The lowest BCUT2D eigenvalue weighted by molar-refractivity contribution is -0.120. The van der Waals surface area contributed by atoms with Crippen LogP contribution in [0.15, 0.2) is 24.3 Å². The summed E-state index contributed by atoms with van der Waals surface area (Å²) in [6, 6.07) is 6.86. The highest BCUT2D eigenvalue weighted by Crippen LogP contribution is 2.17. The van der Waals surface area contributed by atoms with E-state index in [9.17, 15) is 4.79 Å². The Hall–Kier alpha value is -1.75. The summed E-state index contributed by atoms with van der Waals surface area (Å²) in [5.74, 6) is 0.367. The van der Waals surface area contributed by atoms with Crippen LogP contribution in [0.5, 0.6) is 5.75 Å². The summed E-state index contributed by atoms with van der Waals surface area (Å²) < 4.78 is 10.1. The zero-order chi connectivity index (χ0) is 13.5. The van der Waals surface area contributed by atoms with E-state index in [1.807, 2.05) is 31.2 Å². The molecule has 3 N–H and O–H groups in total. The van der Waals surface area contributed by atoms with E-state index in [2.05, 4.69) is 5.32 Å². The third-order valence-electron chi connectivity index (χ3n) is 2.72. The molecule has 5 heteroatoms. The van der Waals surface area contributed by atoms with Gasteiger partial charge in [0.15, 0.2) is 0 Å². The van der Waals surface area contributed by atoms with E-state index in [1.165, 1.54) is 0 Å². The van der Waals surface area contributed by atoms with Crippen molar-refractivity contribution in [3.05, 3.63) is 24.3 Å². The molecule has 0 bridgehead atoms. The molecule has 0 aliphatic heterocycles. The molecule has 1 aromatic rings. The molecule has 2 unspecified atom stereocenters. The van der Waals surface area contributed by atoms with E-state index in [0.29, 0.717) is 6.61 Å². The molecule has 1 amide bonds. The van der Waals surface area contributed by atoms with Gasteiger partial charge in [0.2, 0.25) is 5.91 Å². The summed E-state index contributed by atoms with van der Waals surface area (Å²) >= 11 is 0. The second-order valence-corrected chi connectivity index (χ2v) is 4.19. The molecule has 0 aliphatic rings. The Morgan fingerprint density at radius 2 is 1.94 bits per heavy atom. The van der Waals surface area contributed by atoms with E-state index in [1.54, 1.807) is 14.2 Å². The Morgan fingerprint density at radius 1 is 1.33 bits per heavy atom. The van der Waals surface area contributed by atoms with Gasteiger partial charge in [-0.15, -0.1) is 0 Å². The van der Waals surface area contributed by atoms with Gasteiger partial charge in [-0.3, -0.25) is 4.79 Å². The number of ether oxygens (including phenoxy) is 2. The van der Waals surface area contributed by atoms with Crippen molar-refractivity contribution in [2.75, 3.05) is 26.1 Å². The molecular weight excluding hydrogens is 232 g/mol. The highest BCUT2D eigenvalue weighted by atomic mass is 16.5. The van der Waals surface area contributed by atoms with E-state index in [0.717, 1.165) is 11.4 Å². The van der Waals surface area contributed by atoms with E-state index in [-0.39, 0.29) is 5.92 Å². The second kappa shape index (κ2) is 6.86. The van der Waals surface area contributed by atoms with Crippen LogP contribution in [0.2, 0.25) is 0 Å². The van der Waals surface area contributed by atoms with Crippen molar-refractivity contribution in [2.24, 2.45) is 11.7 Å². The fourth-order valence-corrected chi connectivity index (χ4v) is 1.72. The minimum Gasteiger partial charge on any atom is -0.497 e. The van der Waals surface area contributed by atoms with E-state index < -0.39 is 11.9 Å². The van der Waals surface area contributed by atoms with Crippen LogP contribution in [-0.4, -0.2) is 32.8 Å². The molecule has 1 rings (SSSR count). The number of primary amides is 1. The molecule has 5 nitrogen and oxygen atoms in total. The number of nitrogens with two attached hydrogens (primary N) is 1. The first-order valence-corrected chi connectivity index (χ1v) is 5.77. The molecule has 2 atom stereocenters. The van der Waals surface area contributed by atoms with Crippen molar-refractivity contribution in [1.29, 1.82) is 0 Å². The molecule has 0 aliphatic carbocycles. The van der Waals surface area contributed by atoms with Crippen LogP contribution in [0, 0.1) is 5.92 Å². The zero-order valence-electron chi connectivity index (χ0n) is 11.0. The van der Waals surface area contributed by atoms with Gasteiger partial charge < -0.3 is 20.5 Å². The average Bonchev–Trinajstić information content (AvgIpc) is 2.36. The van der Waals surface area contributed by atoms with Crippen molar-refractivity contribution >= 4 is 11.6 Å². The molecule has 1 aromatic carbocycles. The van der Waals surface area contributed by atoms with Gasteiger partial charge in [-0.1, -0.05) is 6.92 Å². The Bertz CT molecular complexity index is 378. The second-order valence-electron chi connectivity index (χ2n) is 4.19. The standard InChI is InChI=1S/C13H20N2O3/c1-9(8-17-2)12(13(14)16)15-10-4-6-11(18-3)7-5-10/h4-7,9,12,15H,8H2,1-3H3,(H2,14,16). The highest BCUT2D eigenvalue weighted by Gasteiger charge is 2.22. The lowest BCUT2D eigenvalue weighted by Gasteiger charge is -2.22. The number of rotatable bonds is 7. The monoisotopic (exact) mass is 252 g/mol. The molecular formula is C13H20N2O3. The molecule has 0 heterocycles. The van der Waals surface area contributed by atoms with E-state index in [4.69, 9.17) is 15.2 Å². The number of hydrogen-bond donors (Lipinski definition) is 2. The SMILES string of the molecule is COCC(C)C(Nc1ccc(OC)cc1)C(N)=O. The van der Waals surface area contributed by atoms with Gasteiger partial charge in [0.1, 0.15) is 11.8 Å². The molecule has 18 heavy (non-hydrogen) atoms. The Balaban J connectivity index is 2.73. The Labute approximate surface area is 107 Å². The van der Waals surface area contributed by atoms with Gasteiger partial charge in [0.05, 0.1) is 13.7 Å². The Kier molecular flexibility index (Phi) is 5.45. The lowest BCUT2D eigenvalue weighted by atomic mass is 10.0. The summed E-state index contributed by atoms with van der Waals surface area (Å²) in [6.45, 7) is 2.38.